The standard InChI is InChI=1S/C13H15ClO4/c1-9(2)13(16)18-8-11(15)7-17-12-5-3-10(14)4-6-12/h3-6,11,15H,1,7-8H2,2H3. The molecule has 1 aromatic rings. The van der Waals surface area contributed by atoms with E-state index in [0.717, 1.165) is 0 Å². The summed E-state index contributed by atoms with van der Waals surface area (Å²) in [6, 6.07) is 6.75. The molecule has 5 heteroatoms. The number of hydrogen-bond donors (Lipinski definition) is 1. The van der Waals surface area contributed by atoms with E-state index in [4.69, 9.17) is 21.1 Å². The molecule has 0 radical (unpaired) electrons. The Morgan fingerprint density at radius 2 is 2.00 bits per heavy atom. The van der Waals surface area contributed by atoms with Gasteiger partial charge in [0.25, 0.3) is 0 Å². The molecule has 0 aliphatic rings. The highest BCUT2D eigenvalue weighted by molar-refractivity contribution is 6.30. The number of benzene rings is 1. The monoisotopic (exact) mass is 270 g/mol. The number of ether oxygens (including phenoxy) is 2. The van der Waals surface area contributed by atoms with Crippen LogP contribution in [0.2, 0.25) is 5.02 Å². The molecular formula is C13H15ClO4. The average Bonchev–Trinajstić information content (AvgIpc) is 2.35. The summed E-state index contributed by atoms with van der Waals surface area (Å²) in [6.07, 6.45) is -0.885. The predicted molar refractivity (Wildman–Crippen MR) is 68.7 cm³/mol. The van der Waals surface area contributed by atoms with Crippen LogP contribution in [-0.2, 0) is 9.53 Å². The predicted octanol–water partition coefficient (Wildman–Crippen LogP) is 2.20. The second kappa shape index (κ2) is 7.03. The maximum atomic E-state index is 11.1. The van der Waals surface area contributed by atoms with Crippen LogP contribution >= 0.6 is 11.6 Å². The van der Waals surface area contributed by atoms with Crippen molar-refractivity contribution in [2.45, 2.75) is 13.0 Å². The zero-order valence-electron chi connectivity index (χ0n) is 10.1. The molecule has 1 aromatic carbocycles. The van der Waals surface area contributed by atoms with E-state index in [9.17, 15) is 9.90 Å². The number of hydrogen-bond acceptors (Lipinski definition) is 4. The van der Waals surface area contributed by atoms with Crippen LogP contribution in [0, 0.1) is 0 Å². The molecule has 0 heterocycles. The minimum absolute atomic E-state index is 0.0328. The first kappa shape index (κ1) is 14.5. The Morgan fingerprint density at radius 1 is 1.39 bits per heavy atom. The Bertz CT molecular complexity index is 414. The maximum absolute atomic E-state index is 11.1. The summed E-state index contributed by atoms with van der Waals surface area (Å²) in [5, 5.41) is 10.1. The van der Waals surface area contributed by atoms with E-state index in [1.165, 1.54) is 0 Å². The van der Waals surface area contributed by atoms with Gasteiger partial charge in [0.2, 0.25) is 0 Å². The fraction of sp³-hybridized carbons (Fsp3) is 0.308. The second-order valence-electron chi connectivity index (χ2n) is 3.80. The molecule has 18 heavy (non-hydrogen) atoms. The van der Waals surface area contributed by atoms with E-state index < -0.39 is 12.1 Å². The highest BCUT2D eigenvalue weighted by atomic mass is 35.5. The normalized spacial score (nSPS) is 11.7. The Morgan fingerprint density at radius 3 is 2.56 bits per heavy atom. The summed E-state index contributed by atoms with van der Waals surface area (Å²) >= 11 is 5.72. The lowest BCUT2D eigenvalue weighted by atomic mass is 10.3. The third-order valence-corrected chi connectivity index (χ3v) is 2.26. The second-order valence-corrected chi connectivity index (χ2v) is 4.23. The Labute approximate surface area is 111 Å². The van der Waals surface area contributed by atoms with Crippen LogP contribution in [0.4, 0.5) is 0 Å². The summed E-state index contributed by atoms with van der Waals surface area (Å²) in [5.41, 5.74) is 0.292. The van der Waals surface area contributed by atoms with E-state index in [0.29, 0.717) is 16.3 Å². The highest BCUT2D eigenvalue weighted by Crippen LogP contribution is 2.15. The van der Waals surface area contributed by atoms with Crippen molar-refractivity contribution in [2.24, 2.45) is 0 Å². The van der Waals surface area contributed by atoms with Gasteiger partial charge in [-0.1, -0.05) is 18.2 Å². The van der Waals surface area contributed by atoms with Gasteiger partial charge in [-0.2, -0.15) is 0 Å². The minimum atomic E-state index is -0.885. The Balaban J connectivity index is 2.28. The third-order valence-electron chi connectivity index (χ3n) is 2.01. The molecule has 0 saturated heterocycles. The molecule has 1 N–H and O–H groups in total. The van der Waals surface area contributed by atoms with Gasteiger partial charge < -0.3 is 14.6 Å². The third kappa shape index (κ3) is 5.21. The fourth-order valence-electron chi connectivity index (χ4n) is 1.07. The number of rotatable bonds is 6. The molecule has 0 aromatic heterocycles. The topological polar surface area (TPSA) is 55.8 Å². The first-order valence-corrected chi connectivity index (χ1v) is 5.76. The minimum Gasteiger partial charge on any atom is -0.491 e. The molecule has 0 fully saturated rings. The van der Waals surface area contributed by atoms with Crippen molar-refractivity contribution >= 4 is 17.6 Å². The van der Waals surface area contributed by atoms with Gasteiger partial charge >= 0.3 is 5.97 Å². The molecule has 0 spiro atoms. The zero-order valence-corrected chi connectivity index (χ0v) is 10.8. The van der Waals surface area contributed by atoms with Crippen LogP contribution in [-0.4, -0.2) is 30.4 Å². The van der Waals surface area contributed by atoms with Gasteiger partial charge in [-0.15, -0.1) is 0 Å². The summed E-state index contributed by atoms with van der Waals surface area (Å²) in [7, 11) is 0. The van der Waals surface area contributed by atoms with Crippen LogP contribution < -0.4 is 4.74 Å². The Kier molecular flexibility index (Phi) is 5.68. The largest absolute Gasteiger partial charge is 0.491 e. The smallest absolute Gasteiger partial charge is 0.333 e. The number of aliphatic hydroxyl groups excluding tert-OH is 1. The van der Waals surface area contributed by atoms with Crippen molar-refractivity contribution in [3.63, 3.8) is 0 Å². The van der Waals surface area contributed by atoms with Gasteiger partial charge in [0.15, 0.2) is 0 Å². The number of aliphatic hydroxyl groups is 1. The SMILES string of the molecule is C=C(C)C(=O)OCC(O)COc1ccc(Cl)cc1. The van der Waals surface area contributed by atoms with Crippen LogP contribution in [0.25, 0.3) is 0 Å². The lowest BCUT2D eigenvalue weighted by Gasteiger charge is -2.12. The van der Waals surface area contributed by atoms with Crippen LogP contribution in [0.5, 0.6) is 5.75 Å². The van der Waals surface area contributed by atoms with Crippen LogP contribution in [0.15, 0.2) is 36.4 Å². The van der Waals surface area contributed by atoms with E-state index in [1.54, 1.807) is 31.2 Å². The first-order chi connectivity index (χ1) is 8.49. The lowest BCUT2D eigenvalue weighted by Crippen LogP contribution is -2.25. The summed E-state index contributed by atoms with van der Waals surface area (Å²) in [5.74, 6) is 0.0604. The molecule has 1 atom stereocenters. The maximum Gasteiger partial charge on any atom is 0.333 e. The van der Waals surface area contributed by atoms with E-state index >= 15 is 0 Å². The van der Waals surface area contributed by atoms with Crippen LogP contribution in [0.1, 0.15) is 6.92 Å². The molecule has 4 nitrogen and oxygen atoms in total. The van der Waals surface area contributed by atoms with Gasteiger partial charge in [0, 0.05) is 10.6 Å². The van der Waals surface area contributed by atoms with Crippen LogP contribution in [0.3, 0.4) is 0 Å². The summed E-state index contributed by atoms with van der Waals surface area (Å²) < 4.78 is 10.1. The number of halogens is 1. The van der Waals surface area contributed by atoms with E-state index in [1.807, 2.05) is 0 Å². The quantitative estimate of drug-likeness (QED) is 0.636. The average molecular weight is 271 g/mol. The van der Waals surface area contributed by atoms with Crippen molar-refractivity contribution in [2.75, 3.05) is 13.2 Å². The summed E-state index contributed by atoms with van der Waals surface area (Å²) in [6.45, 7) is 4.88. The fourth-order valence-corrected chi connectivity index (χ4v) is 1.19. The van der Waals surface area contributed by atoms with Gasteiger partial charge in [-0.05, 0) is 31.2 Å². The van der Waals surface area contributed by atoms with Gasteiger partial charge in [-0.25, -0.2) is 4.79 Å². The number of carbonyl (C=O) groups is 1. The highest BCUT2D eigenvalue weighted by Gasteiger charge is 2.10. The van der Waals surface area contributed by atoms with Crippen molar-refractivity contribution in [3.8, 4) is 5.75 Å². The Hall–Kier alpha value is -1.52. The van der Waals surface area contributed by atoms with Gasteiger partial charge in [0.05, 0.1) is 0 Å². The molecule has 0 saturated carbocycles. The van der Waals surface area contributed by atoms with Crippen molar-refractivity contribution in [1.82, 2.24) is 0 Å². The first-order valence-electron chi connectivity index (χ1n) is 5.38. The molecule has 0 bridgehead atoms. The molecular weight excluding hydrogens is 256 g/mol. The molecule has 1 rings (SSSR count). The number of esters is 1. The molecule has 0 aliphatic carbocycles. The van der Waals surface area contributed by atoms with Gasteiger partial charge in [-0.3, -0.25) is 0 Å². The van der Waals surface area contributed by atoms with E-state index in [-0.39, 0.29) is 13.2 Å². The molecule has 0 amide bonds. The van der Waals surface area contributed by atoms with Crippen molar-refractivity contribution in [1.29, 1.82) is 0 Å². The molecule has 0 aliphatic heterocycles. The number of carbonyl (C=O) groups excluding carboxylic acids is 1. The molecule has 1 unspecified atom stereocenters. The van der Waals surface area contributed by atoms with Gasteiger partial charge in [0.1, 0.15) is 25.1 Å². The van der Waals surface area contributed by atoms with Crippen molar-refractivity contribution < 1.29 is 19.4 Å². The molecule has 98 valence electrons. The van der Waals surface area contributed by atoms with E-state index in [2.05, 4.69) is 6.58 Å². The van der Waals surface area contributed by atoms with Crippen molar-refractivity contribution in [3.05, 3.63) is 41.4 Å². The summed E-state index contributed by atoms with van der Waals surface area (Å²) in [4.78, 5) is 11.1. The zero-order chi connectivity index (χ0) is 13.5. The lowest BCUT2D eigenvalue weighted by molar-refractivity contribution is -0.142.